The number of nitrogens with zero attached hydrogens (tertiary/aromatic N) is 2. The number of benzene rings is 1. The highest BCUT2D eigenvalue weighted by molar-refractivity contribution is 6.03. The van der Waals surface area contributed by atoms with E-state index >= 15 is 0 Å². The second-order valence-electron chi connectivity index (χ2n) is 5.49. The molecule has 1 aromatic carbocycles. The molecule has 0 saturated heterocycles. The summed E-state index contributed by atoms with van der Waals surface area (Å²) in [7, 11) is 2.03. The summed E-state index contributed by atoms with van der Waals surface area (Å²) < 4.78 is 0. The van der Waals surface area contributed by atoms with E-state index in [2.05, 4.69) is 22.1 Å². The van der Waals surface area contributed by atoms with Crippen LogP contribution in [0.2, 0.25) is 0 Å². The lowest BCUT2D eigenvalue weighted by Crippen LogP contribution is -2.20. The van der Waals surface area contributed by atoms with E-state index in [1.807, 2.05) is 50.4 Å². The maximum atomic E-state index is 12.3. The molecule has 1 aromatic heterocycles. The normalized spacial score (nSPS) is 10.3. The van der Waals surface area contributed by atoms with E-state index in [1.54, 1.807) is 6.20 Å². The minimum Gasteiger partial charge on any atom is -0.374 e. The van der Waals surface area contributed by atoms with E-state index in [0.29, 0.717) is 5.69 Å². The number of hydrogen-bond acceptors (Lipinski definition) is 3. The fourth-order valence-electron chi connectivity index (χ4n) is 2.14. The van der Waals surface area contributed by atoms with Gasteiger partial charge in [-0.1, -0.05) is 31.0 Å². The summed E-state index contributed by atoms with van der Waals surface area (Å²) in [6, 6.07) is 11.5. The molecule has 0 fully saturated rings. The van der Waals surface area contributed by atoms with Crippen molar-refractivity contribution in [1.29, 1.82) is 0 Å². The zero-order valence-corrected chi connectivity index (χ0v) is 13.5. The molecule has 2 aromatic rings. The number of amides is 1. The third kappa shape index (κ3) is 4.32. The summed E-state index contributed by atoms with van der Waals surface area (Å²) in [5.74, 6) is -0.186. The number of carbonyl (C=O) groups excluding carboxylic acids is 1. The van der Waals surface area contributed by atoms with Crippen molar-refractivity contribution in [2.45, 2.75) is 26.7 Å². The summed E-state index contributed by atoms with van der Waals surface area (Å²) in [5.41, 5.74) is 3.39. The number of hydrogen-bond donors (Lipinski definition) is 1. The van der Waals surface area contributed by atoms with Crippen molar-refractivity contribution in [1.82, 2.24) is 4.98 Å². The highest BCUT2D eigenvalue weighted by atomic mass is 16.1. The maximum Gasteiger partial charge on any atom is 0.274 e. The van der Waals surface area contributed by atoms with Crippen LogP contribution >= 0.6 is 0 Å². The van der Waals surface area contributed by atoms with Crippen molar-refractivity contribution in [3.05, 3.63) is 53.9 Å². The van der Waals surface area contributed by atoms with Crippen molar-refractivity contribution in [3.8, 4) is 0 Å². The lowest BCUT2D eigenvalue weighted by atomic mass is 10.2. The molecule has 1 N–H and O–H groups in total. The molecule has 22 heavy (non-hydrogen) atoms. The van der Waals surface area contributed by atoms with Gasteiger partial charge in [-0.3, -0.25) is 9.78 Å². The predicted molar refractivity (Wildman–Crippen MR) is 91.5 cm³/mol. The number of anilines is 2. The first-order valence-corrected chi connectivity index (χ1v) is 7.65. The first-order chi connectivity index (χ1) is 10.6. The number of aryl methyl sites for hydroxylation is 1. The largest absolute Gasteiger partial charge is 0.374 e. The highest BCUT2D eigenvalue weighted by Crippen LogP contribution is 2.15. The molecule has 0 spiro atoms. The molecule has 0 radical (unpaired) electrons. The van der Waals surface area contributed by atoms with Gasteiger partial charge in [-0.2, -0.15) is 0 Å². The van der Waals surface area contributed by atoms with Crippen LogP contribution in [0.25, 0.3) is 0 Å². The summed E-state index contributed by atoms with van der Waals surface area (Å²) in [6.07, 6.45) is 3.96. The Morgan fingerprint density at radius 2 is 1.95 bits per heavy atom. The van der Waals surface area contributed by atoms with Crippen molar-refractivity contribution >= 4 is 17.3 Å². The number of unbranched alkanes of at least 4 members (excludes halogenated alkanes) is 1. The van der Waals surface area contributed by atoms with Gasteiger partial charge in [0, 0.05) is 31.2 Å². The minimum atomic E-state index is -0.186. The van der Waals surface area contributed by atoms with Crippen LogP contribution in [0.3, 0.4) is 0 Å². The van der Waals surface area contributed by atoms with Crippen molar-refractivity contribution in [2.24, 2.45) is 0 Å². The van der Waals surface area contributed by atoms with Crippen LogP contribution in [0, 0.1) is 6.92 Å². The first kappa shape index (κ1) is 16.0. The Morgan fingerprint density at radius 3 is 2.64 bits per heavy atom. The standard InChI is InChI=1S/C18H23N3O/c1-4-5-12-21(3)16-10-11-19-17(13-16)18(22)20-15-8-6-14(2)7-9-15/h6-11,13H,4-5,12H2,1-3H3,(H,20,22). The molecule has 116 valence electrons. The van der Waals surface area contributed by atoms with Crippen molar-refractivity contribution in [2.75, 3.05) is 23.8 Å². The van der Waals surface area contributed by atoms with Gasteiger partial charge in [0.15, 0.2) is 0 Å². The number of rotatable bonds is 6. The first-order valence-electron chi connectivity index (χ1n) is 7.65. The van der Waals surface area contributed by atoms with Crippen LogP contribution in [-0.4, -0.2) is 24.5 Å². The Balaban J connectivity index is 2.08. The van der Waals surface area contributed by atoms with Crippen LogP contribution in [0.15, 0.2) is 42.6 Å². The topological polar surface area (TPSA) is 45.2 Å². The van der Waals surface area contributed by atoms with Crippen LogP contribution in [-0.2, 0) is 0 Å². The Hall–Kier alpha value is -2.36. The fraction of sp³-hybridized carbons (Fsp3) is 0.333. The molecule has 0 aliphatic rings. The van der Waals surface area contributed by atoms with Gasteiger partial charge in [0.2, 0.25) is 0 Å². The molecule has 4 heteroatoms. The fourth-order valence-corrected chi connectivity index (χ4v) is 2.14. The Bertz CT molecular complexity index is 622. The van der Waals surface area contributed by atoms with Gasteiger partial charge in [0.25, 0.3) is 5.91 Å². The maximum absolute atomic E-state index is 12.3. The molecule has 0 bridgehead atoms. The molecule has 4 nitrogen and oxygen atoms in total. The Kier molecular flexibility index (Phi) is 5.53. The summed E-state index contributed by atoms with van der Waals surface area (Å²) >= 11 is 0. The summed E-state index contributed by atoms with van der Waals surface area (Å²) in [4.78, 5) is 18.6. The molecule has 0 aliphatic heterocycles. The lowest BCUT2D eigenvalue weighted by Gasteiger charge is -2.19. The molecule has 0 atom stereocenters. The molecule has 0 aliphatic carbocycles. The van der Waals surface area contributed by atoms with Gasteiger partial charge in [-0.05, 0) is 37.6 Å². The second kappa shape index (κ2) is 7.59. The molecule has 0 unspecified atom stereocenters. The SMILES string of the molecule is CCCCN(C)c1ccnc(C(=O)Nc2ccc(C)cc2)c1. The quantitative estimate of drug-likeness (QED) is 0.880. The average Bonchev–Trinajstić information content (AvgIpc) is 2.54. The third-order valence-electron chi connectivity index (χ3n) is 3.57. The van der Waals surface area contributed by atoms with E-state index in [-0.39, 0.29) is 5.91 Å². The van der Waals surface area contributed by atoms with E-state index in [4.69, 9.17) is 0 Å². The minimum absolute atomic E-state index is 0.186. The molecule has 1 heterocycles. The monoisotopic (exact) mass is 297 g/mol. The van der Waals surface area contributed by atoms with E-state index in [1.165, 1.54) is 0 Å². The van der Waals surface area contributed by atoms with Crippen LogP contribution < -0.4 is 10.2 Å². The van der Waals surface area contributed by atoms with Crippen LogP contribution in [0.4, 0.5) is 11.4 Å². The summed E-state index contributed by atoms with van der Waals surface area (Å²) in [6.45, 7) is 5.16. The Labute approximate surface area is 132 Å². The van der Waals surface area contributed by atoms with Crippen LogP contribution in [0.5, 0.6) is 0 Å². The number of nitrogens with one attached hydrogen (secondary N) is 1. The van der Waals surface area contributed by atoms with E-state index in [0.717, 1.165) is 36.3 Å². The molecular weight excluding hydrogens is 274 g/mol. The Morgan fingerprint density at radius 1 is 1.23 bits per heavy atom. The average molecular weight is 297 g/mol. The zero-order chi connectivity index (χ0) is 15.9. The van der Waals surface area contributed by atoms with Gasteiger partial charge in [0.1, 0.15) is 5.69 Å². The third-order valence-corrected chi connectivity index (χ3v) is 3.57. The molecular formula is C18H23N3O. The van der Waals surface area contributed by atoms with E-state index in [9.17, 15) is 4.79 Å². The molecule has 1 amide bonds. The van der Waals surface area contributed by atoms with Crippen LogP contribution in [0.1, 0.15) is 35.8 Å². The molecule has 2 rings (SSSR count). The van der Waals surface area contributed by atoms with Gasteiger partial charge < -0.3 is 10.2 Å². The van der Waals surface area contributed by atoms with Crippen molar-refractivity contribution in [3.63, 3.8) is 0 Å². The number of carbonyl (C=O) groups is 1. The molecule has 0 saturated carbocycles. The van der Waals surface area contributed by atoms with Gasteiger partial charge in [-0.15, -0.1) is 0 Å². The predicted octanol–water partition coefficient (Wildman–Crippen LogP) is 3.88. The smallest absolute Gasteiger partial charge is 0.274 e. The highest BCUT2D eigenvalue weighted by Gasteiger charge is 2.10. The number of aromatic nitrogens is 1. The van der Waals surface area contributed by atoms with Gasteiger partial charge >= 0.3 is 0 Å². The lowest BCUT2D eigenvalue weighted by molar-refractivity contribution is 0.102. The van der Waals surface area contributed by atoms with Gasteiger partial charge in [-0.25, -0.2) is 0 Å². The zero-order valence-electron chi connectivity index (χ0n) is 13.5. The summed E-state index contributed by atoms with van der Waals surface area (Å²) in [5, 5.41) is 2.87. The van der Waals surface area contributed by atoms with Gasteiger partial charge in [0.05, 0.1) is 0 Å². The van der Waals surface area contributed by atoms with E-state index < -0.39 is 0 Å². The van der Waals surface area contributed by atoms with Crippen molar-refractivity contribution < 1.29 is 4.79 Å². The second-order valence-corrected chi connectivity index (χ2v) is 5.49. The number of pyridine rings is 1.